The van der Waals surface area contributed by atoms with Gasteiger partial charge >= 0.3 is 5.97 Å². The highest BCUT2D eigenvalue weighted by Gasteiger charge is 2.30. The summed E-state index contributed by atoms with van der Waals surface area (Å²) >= 11 is 0. The van der Waals surface area contributed by atoms with E-state index in [4.69, 9.17) is 5.11 Å². The number of aliphatic carboxylic acids is 1. The van der Waals surface area contributed by atoms with Crippen LogP contribution in [0.5, 0.6) is 0 Å². The highest BCUT2D eigenvalue weighted by atomic mass is 16.4. The molecule has 0 spiro atoms. The van der Waals surface area contributed by atoms with E-state index < -0.39 is 12.0 Å². The minimum Gasteiger partial charge on any atom is -0.481 e. The Morgan fingerprint density at radius 3 is 2.68 bits per heavy atom. The summed E-state index contributed by atoms with van der Waals surface area (Å²) < 4.78 is 0. The lowest BCUT2D eigenvalue weighted by atomic mass is 9.86. The summed E-state index contributed by atoms with van der Waals surface area (Å²) in [4.78, 5) is 37.0. The second-order valence-electron chi connectivity index (χ2n) is 7.44. The van der Waals surface area contributed by atoms with E-state index in [-0.39, 0.29) is 30.7 Å². The number of hydrogen-bond donors (Lipinski definition) is 3. The van der Waals surface area contributed by atoms with Crippen LogP contribution in [0, 0.1) is 11.8 Å². The molecule has 0 aromatic carbocycles. The zero-order valence-electron chi connectivity index (χ0n) is 15.1. The molecule has 142 valence electrons. The Balaban J connectivity index is 1.76. The van der Waals surface area contributed by atoms with Gasteiger partial charge in [-0.3, -0.25) is 14.4 Å². The molecule has 2 atom stereocenters. The third-order valence-electron chi connectivity index (χ3n) is 5.25. The smallest absolute Gasteiger partial charge is 0.305 e. The zero-order chi connectivity index (χ0) is 18.2. The number of carbonyl (C=O) groups excluding carboxylic acids is 2. The predicted molar refractivity (Wildman–Crippen MR) is 94.0 cm³/mol. The predicted octanol–water partition coefficient (Wildman–Crippen LogP) is 0.984. The molecule has 0 aliphatic carbocycles. The number of carbonyl (C=O) groups is 3. The summed E-state index contributed by atoms with van der Waals surface area (Å²) in [5.41, 5.74) is 0. The van der Waals surface area contributed by atoms with Crippen molar-refractivity contribution in [3.05, 3.63) is 0 Å². The molecular formula is C18H31N3O4. The molecule has 2 saturated heterocycles. The molecule has 7 heteroatoms. The minimum atomic E-state index is -0.945. The SMILES string of the molecule is C[C@H](CC(=O)O)NC(=O)CN1CCC[C@@H](CCC2CCNCC2)C1=O. The molecule has 25 heavy (non-hydrogen) atoms. The minimum absolute atomic E-state index is 0.0344. The normalized spacial score (nSPS) is 23.3. The highest BCUT2D eigenvalue weighted by Crippen LogP contribution is 2.27. The van der Waals surface area contributed by atoms with Gasteiger partial charge < -0.3 is 20.6 Å². The first-order chi connectivity index (χ1) is 12.0. The summed E-state index contributed by atoms with van der Waals surface area (Å²) in [7, 11) is 0. The fourth-order valence-electron chi connectivity index (χ4n) is 3.86. The number of rotatable bonds is 8. The van der Waals surface area contributed by atoms with E-state index in [1.807, 2.05) is 0 Å². The van der Waals surface area contributed by atoms with Crippen LogP contribution in [-0.2, 0) is 14.4 Å². The van der Waals surface area contributed by atoms with Crippen molar-refractivity contribution in [2.24, 2.45) is 11.8 Å². The van der Waals surface area contributed by atoms with E-state index in [2.05, 4.69) is 10.6 Å². The molecule has 2 fully saturated rings. The van der Waals surface area contributed by atoms with Gasteiger partial charge in [0.1, 0.15) is 0 Å². The van der Waals surface area contributed by atoms with E-state index in [1.54, 1.807) is 11.8 Å². The van der Waals surface area contributed by atoms with Gasteiger partial charge in [-0.1, -0.05) is 0 Å². The van der Waals surface area contributed by atoms with Crippen molar-refractivity contribution in [2.75, 3.05) is 26.2 Å². The third kappa shape index (κ3) is 6.65. The van der Waals surface area contributed by atoms with E-state index in [1.165, 1.54) is 12.8 Å². The van der Waals surface area contributed by atoms with Crippen molar-refractivity contribution in [1.29, 1.82) is 0 Å². The van der Waals surface area contributed by atoms with Gasteiger partial charge in [-0.15, -0.1) is 0 Å². The van der Waals surface area contributed by atoms with Crippen LogP contribution in [0.2, 0.25) is 0 Å². The van der Waals surface area contributed by atoms with Crippen LogP contribution in [0.4, 0.5) is 0 Å². The van der Waals surface area contributed by atoms with Crippen LogP contribution >= 0.6 is 0 Å². The molecule has 0 unspecified atom stereocenters. The lowest BCUT2D eigenvalue weighted by Gasteiger charge is -2.33. The summed E-state index contributed by atoms with van der Waals surface area (Å²) in [6.45, 7) is 4.45. The molecular weight excluding hydrogens is 322 g/mol. The van der Waals surface area contributed by atoms with Crippen molar-refractivity contribution in [1.82, 2.24) is 15.5 Å². The average molecular weight is 353 g/mol. The van der Waals surface area contributed by atoms with Gasteiger partial charge in [-0.2, -0.15) is 0 Å². The van der Waals surface area contributed by atoms with Crippen LogP contribution in [0.3, 0.4) is 0 Å². The van der Waals surface area contributed by atoms with Crippen LogP contribution < -0.4 is 10.6 Å². The van der Waals surface area contributed by atoms with Crippen molar-refractivity contribution in [2.45, 2.75) is 57.9 Å². The maximum atomic E-state index is 12.6. The van der Waals surface area contributed by atoms with E-state index in [9.17, 15) is 14.4 Å². The van der Waals surface area contributed by atoms with Gasteiger partial charge in [0.2, 0.25) is 11.8 Å². The van der Waals surface area contributed by atoms with Crippen molar-refractivity contribution < 1.29 is 19.5 Å². The monoisotopic (exact) mass is 353 g/mol. The largest absolute Gasteiger partial charge is 0.481 e. The van der Waals surface area contributed by atoms with Crippen LogP contribution in [0.15, 0.2) is 0 Å². The summed E-state index contributed by atoms with van der Waals surface area (Å²) in [5, 5.41) is 14.8. The number of carboxylic acids is 1. The average Bonchev–Trinajstić information content (AvgIpc) is 2.55. The maximum Gasteiger partial charge on any atom is 0.305 e. The Morgan fingerprint density at radius 2 is 2.00 bits per heavy atom. The Labute approximate surface area is 149 Å². The van der Waals surface area contributed by atoms with Crippen molar-refractivity contribution in [3.8, 4) is 0 Å². The number of carboxylic acid groups (broad SMARTS) is 1. The van der Waals surface area contributed by atoms with Gasteiger partial charge in [0, 0.05) is 18.5 Å². The fraction of sp³-hybridized carbons (Fsp3) is 0.833. The zero-order valence-corrected chi connectivity index (χ0v) is 15.1. The van der Waals surface area contributed by atoms with Crippen LogP contribution in [0.25, 0.3) is 0 Å². The second kappa shape index (κ2) is 9.75. The first-order valence-corrected chi connectivity index (χ1v) is 9.46. The first kappa shape index (κ1) is 19.7. The van der Waals surface area contributed by atoms with E-state index in [0.29, 0.717) is 12.5 Å². The van der Waals surface area contributed by atoms with Gasteiger partial charge in [-0.05, 0) is 64.5 Å². The van der Waals surface area contributed by atoms with Gasteiger partial charge in [0.05, 0.1) is 13.0 Å². The molecule has 7 nitrogen and oxygen atoms in total. The number of amides is 2. The fourth-order valence-corrected chi connectivity index (χ4v) is 3.86. The Kier molecular flexibility index (Phi) is 7.68. The summed E-state index contributed by atoms with van der Waals surface area (Å²) in [6, 6.07) is -0.430. The number of hydrogen-bond acceptors (Lipinski definition) is 4. The van der Waals surface area contributed by atoms with Gasteiger partial charge in [0.25, 0.3) is 0 Å². The summed E-state index contributed by atoms with van der Waals surface area (Å²) in [5.74, 6) is -0.389. The molecule has 2 heterocycles. The standard InChI is InChI=1S/C18H31N3O4/c1-13(11-17(23)24)20-16(22)12-21-10-2-3-15(18(21)25)5-4-14-6-8-19-9-7-14/h13-15,19H,2-12H2,1H3,(H,20,22)(H,23,24)/t13-,15+/m1/s1. The molecule has 2 aliphatic rings. The molecule has 0 bridgehead atoms. The number of nitrogens with zero attached hydrogens (tertiary/aromatic N) is 1. The number of nitrogens with one attached hydrogen (secondary N) is 2. The van der Waals surface area contributed by atoms with Crippen molar-refractivity contribution in [3.63, 3.8) is 0 Å². The Morgan fingerprint density at radius 1 is 1.28 bits per heavy atom. The lowest BCUT2D eigenvalue weighted by Crippen LogP contribution is -2.48. The molecule has 0 aromatic heterocycles. The van der Waals surface area contributed by atoms with Crippen molar-refractivity contribution >= 4 is 17.8 Å². The molecule has 0 radical (unpaired) electrons. The molecule has 3 N–H and O–H groups in total. The van der Waals surface area contributed by atoms with Gasteiger partial charge in [0.15, 0.2) is 0 Å². The highest BCUT2D eigenvalue weighted by molar-refractivity contribution is 5.86. The molecule has 0 aromatic rings. The molecule has 2 aliphatic heterocycles. The molecule has 0 saturated carbocycles. The third-order valence-corrected chi connectivity index (χ3v) is 5.25. The van der Waals surface area contributed by atoms with E-state index >= 15 is 0 Å². The Bertz CT molecular complexity index is 477. The van der Waals surface area contributed by atoms with E-state index in [0.717, 1.165) is 38.8 Å². The molecule has 2 rings (SSSR count). The summed E-state index contributed by atoms with van der Waals surface area (Å²) in [6.07, 6.45) is 6.12. The van der Waals surface area contributed by atoms with Crippen LogP contribution in [0.1, 0.15) is 51.9 Å². The number of likely N-dealkylation sites (tertiary alicyclic amines) is 1. The first-order valence-electron chi connectivity index (χ1n) is 9.46. The second-order valence-corrected chi connectivity index (χ2v) is 7.44. The maximum absolute atomic E-state index is 12.6. The molecule has 2 amide bonds. The number of piperidine rings is 2. The lowest BCUT2D eigenvalue weighted by molar-refractivity contribution is -0.143. The quantitative estimate of drug-likeness (QED) is 0.604. The van der Waals surface area contributed by atoms with Gasteiger partial charge in [-0.25, -0.2) is 0 Å². The topological polar surface area (TPSA) is 98.7 Å². The van der Waals surface area contributed by atoms with Crippen LogP contribution in [-0.4, -0.2) is 60.0 Å². The Hall–Kier alpha value is -1.63.